The largest absolute Gasteiger partial charge is 0.394 e. The fraction of sp³-hybridized carbons (Fsp3) is 1.00. The van der Waals surface area contributed by atoms with Gasteiger partial charge >= 0.3 is 0 Å². The van der Waals surface area contributed by atoms with E-state index in [1.165, 1.54) is 0 Å². The van der Waals surface area contributed by atoms with E-state index >= 15 is 0 Å². The van der Waals surface area contributed by atoms with E-state index in [4.69, 9.17) is 25.2 Å². The van der Waals surface area contributed by atoms with Crippen molar-refractivity contribution in [1.29, 1.82) is 0 Å². The molecule has 0 aromatic rings. The second-order valence-electron chi connectivity index (χ2n) is 2.60. The van der Waals surface area contributed by atoms with Crippen LogP contribution in [0.4, 0.5) is 0 Å². The Morgan fingerprint density at radius 2 is 1.82 bits per heavy atom. The maximum Gasteiger partial charge on any atom is 0.111 e. The second kappa shape index (κ2) is 3.46. The van der Waals surface area contributed by atoms with Crippen LogP contribution in [-0.2, 0) is 4.74 Å². The van der Waals surface area contributed by atoms with Crippen molar-refractivity contribution >= 4 is 0 Å². The van der Waals surface area contributed by atoms with E-state index in [2.05, 4.69) is 0 Å². The van der Waals surface area contributed by atoms with Gasteiger partial charge in [-0.3, -0.25) is 0 Å². The molecule has 4 atom stereocenters. The third kappa shape index (κ3) is 1.69. The van der Waals surface area contributed by atoms with E-state index < -0.39 is 24.4 Å². The molecule has 0 amide bonds. The van der Waals surface area contributed by atoms with Gasteiger partial charge in [0.1, 0.15) is 24.4 Å². The molecule has 0 aliphatic carbocycles. The van der Waals surface area contributed by atoms with Crippen LogP contribution in [0.3, 0.4) is 0 Å². The summed E-state index contributed by atoms with van der Waals surface area (Å²) in [6, 6.07) is 0. The second-order valence-corrected chi connectivity index (χ2v) is 2.60. The first kappa shape index (κ1) is 8.89. The van der Waals surface area contributed by atoms with E-state index in [0.717, 1.165) is 0 Å². The van der Waals surface area contributed by atoms with Crippen LogP contribution in [0.15, 0.2) is 0 Å². The molecule has 1 aliphatic heterocycles. The van der Waals surface area contributed by atoms with Gasteiger partial charge in [-0.05, 0) is 0 Å². The van der Waals surface area contributed by atoms with Crippen molar-refractivity contribution in [2.24, 2.45) is 0 Å². The van der Waals surface area contributed by atoms with Crippen LogP contribution in [0.1, 0.15) is 0 Å². The van der Waals surface area contributed by atoms with Crippen LogP contribution in [0, 0.1) is 0 Å². The molecule has 0 aromatic heterocycles. The number of hydrogen-bond acceptors (Lipinski definition) is 5. The third-order valence-electron chi connectivity index (χ3n) is 1.79. The first-order valence-corrected chi connectivity index (χ1v) is 3.43. The minimum absolute atomic E-state index is 0.0521. The molecule has 11 heavy (non-hydrogen) atoms. The molecule has 0 spiro atoms. The smallest absolute Gasteiger partial charge is 0.111 e. The molecule has 1 heterocycles. The summed E-state index contributed by atoms with van der Waals surface area (Å²) in [6.07, 6.45) is -4.27. The average molecular weight is 164 g/mol. The van der Waals surface area contributed by atoms with Crippen molar-refractivity contribution in [2.45, 2.75) is 24.4 Å². The van der Waals surface area contributed by atoms with Gasteiger partial charge in [-0.15, -0.1) is 0 Å². The number of aliphatic hydroxyl groups excluding tert-OH is 4. The zero-order valence-electron chi connectivity index (χ0n) is 5.92. The summed E-state index contributed by atoms with van der Waals surface area (Å²) in [5.41, 5.74) is 0. The zero-order chi connectivity index (χ0) is 8.43. The Morgan fingerprint density at radius 3 is 2.36 bits per heavy atom. The summed E-state index contributed by atoms with van der Waals surface area (Å²) >= 11 is 0. The Labute approximate surface area is 63.8 Å². The molecule has 1 saturated heterocycles. The summed E-state index contributed by atoms with van der Waals surface area (Å²) in [5.74, 6) is 0. The highest BCUT2D eigenvalue weighted by Gasteiger charge is 2.36. The number of hydrogen-bond donors (Lipinski definition) is 4. The predicted molar refractivity (Wildman–Crippen MR) is 34.8 cm³/mol. The number of aliphatic hydroxyl groups is 4. The third-order valence-corrected chi connectivity index (χ3v) is 1.79. The van der Waals surface area contributed by atoms with E-state index in [-0.39, 0.29) is 13.2 Å². The molecular formula is C6H12O5. The Hall–Kier alpha value is -0.200. The van der Waals surface area contributed by atoms with E-state index in [1.807, 2.05) is 0 Å². The molecule has 4 N–H and O–H groups in total. The molecule has 0 bridgehead atoms. The standard InChI is InChI=1S/C6H12O5/c7-1-4-6(10)5(9)3(8)2-11-4/h3-10H,1-2H2/t3-,4?,5+,6+/m0/s1. The first-order valence-electron chi connectivity index (χ1n) is 3.43. The SMILES string of the molecule is OCC1OC[C@H](O)[C@@H](O)[C@@H]1O. The zero-order valence-corrected chi connectivity index (χ0v) is 5.92. The fourth-order valence-electron chi connectivity index (χ4n) is 1.03. The quantitative estimate of drug-likeness (QED) is 0.343. The van der Waals surface area contributed by atoms with E-state index in [9.17, 15) is 0 Å². The van der Waals surface area contributed by atoms with Crippen LogP contribution < -0.4 is 0 Å². The van der Waals surface area contributed by atoms with Gasteiger partial charge in [-0.1, -0.05) is 0 Å². The minimum atomic E-state index is -1.22. The fourth-order valence-corrected chi connectivity index (χ4v) is 1.03. The summed E-state index contributed by atoms with van der Waals surface area (Å²) in [7, 11) is 0. The van der Waals surface area contributed by atoms with Gasteiger partial charge < -0.3 is 25.2 Å². The lowest BCUT2D eigenvalue weighted by atomic mass is 10.0. The Morgan fingerprint density at radius 1 is 1.18 bits per heavy atom. The molecule has 0 radical (unpaired) electrons. The van der Waals surface area contributed by atoms with Gasteiger partial charge in [-0.25, -0.2) is 0 Å². The van der Waals surface area contributed by atoms with Gasteiger partial charge in [0.25, 0.3) is 0 Å². The van der Waals surface area contributed by atoms with Gasteiger partial charge in [0.2, 0.25) is 0 Å². The van der Waals surface area contributed by atoms with Crippen molar-refractivity contribution < 1.29 is 25.2 Å². The van der Waals surface area contributed by atoms with Crippen LogP contribution in [0.5, 0.6) is 0 Å². The van der Waals surface area contributed by atoms with Crippen LogP contribution in [0.25, 0.3) is 0 Å². The van der Waals surface area contributed by atoms with Crippen LogP contribution in [-0.4, -0.2) is 58.1 Å². The maximum atomic E-state index is 9.11. The van der Waals surface area contributed by atoms with Gasteiger partial charge in [0.05, 0.1) is 13.2 Å². The lowest BCUT2D eigenvalue weighted by molar-refractivity contribution is -0.195. The lowest BCUT2D eigenvalue weighted by Gasteiger charge is -2.34. The summed E-state index contributed by atoms with van der Waals surface area (Å²) in [5, 5.41) is 35.7. The number of rotatable bonds is 1. The normalized spacial score (nSPS) is 45.8. The topological polar surface area (TPSA) is 90.2 Å². The van der Waals surface area contributed by atoms with Crippen LogP contribution in [0.2, 0.25) is 0 Å². The highest BCUT2D eigenvalue weighted by Crippen LogP contribution is 2.14. The molecule has 1 unspecified atom stereocenters. The molecular weight excluding hydrogens is 152 g/mol. The Kier molecular flexibility index (Phi) is 2.80. The van der Waals surface area contributed by atoms with Crippen molar-refractivity contribution in [2.75, 3.05) is 13.2 Å². The summed E-state index contributed by atoms with van der Waals surface area (Å²) in [6.45, 7) is -0.408. The predicted octanol–water partition coefficient (Wildman–Crippen LogP) is -2.54. The van der Waals surface area contributed by atoms with Gasteiger partial charge in [-0.2, -0.15) is 0 Å². The molecule has 1 rings (SSSR count). The Balaban J connectivity index is 2.52. The minimum Gasteiger partial charge on any atom is -0.394 e. The van der Waals surface area contributed by atoms with Crippen molar-refractivity contribution in [1.82, 2.24) is 0 Å². The molecule has 5 nitrogen and oxygen atoms in total. The van der Waals surface area contributed by atoms with Crippen molar-refractivity contribution in [3.05, 3.63) is 0 Å². The molecule has 5 heteroatoms. The van der Waals surface area contributed by atoms with Gasteiger partial charge in [0.15, 0.2) is 0 Å². The maximum absolute atomic E-state index is 9.11. The summed E-state index contributed by atoms with van der Waals surface area (Å²) in [4.78, 5) is 0. The van der Waals surface area contributed by atoms with Crippen LogP contribution >= 0.6 is 0 Å². The van der Waals surface area contributed by atoms with Gasteiger partial charge in [0, 0.05) is 0 Å². The molecule has 1 aliphatic rings. The first-order chi connectivity index (χ1) is 5.16. The lowest BCUT2D eigenvalue weighted by Crippen LogP contribution is -2.53. The molecule has 1 fully saturated rings. The molecule has 0 aromatic carbocycles. The monoisotopic (exact) mass is 164 g/mol. The highest BCUT2D eigenvalue weighted by molar-refractivity contribution is 4.85. The highest BCUT2D eigenvalue weighted by atomic mass is 16.5. The van der Waals surface area contributed by atoms with Crippen molar-refractivity contribution in [3.8, 4) is 0 Å². The van der Waals surface area contributed by atoms with E-state index in [0.29, 0.717) is 0 Å². The molecule has 0 saturated carbocycles. The number of ether oxygens (including phenoxy) is 1. The average Bonchev–Trinajstić information content (AvgIpc) is 2.01. The Bertz CT molecular complexity index is 126. The summed E-state index contributed by atoms with van der Waals surface area (Å²) < 4.78 is 4.81. The van der Waals surface area contributed by atoms with E-state index in [1.54, 1.807) is 0 Å². The molecule has 66 valence electrons. The van der Waals surface area contributed by atoms with Crippen molar-refractivity contribution in [3.63, 3.8) is 0 Å².